The van der Waals surface area contributed by atoms with E-state index < -0.39 is 17.7 Å². The Kier molecular flexibility index (Phi) is 3.35. The predicted octanol–water partition coefficient (Wildman–Crippen LogP) is 3.05. The van der Waals surface area contributed by atoms with Crippen molar-refractivity contribution in [2.75, 3.05) is 5.73 Å². The van der Waals surface area contributed by atoms with Crippen LogP contribution in [0.4, 0.5) is 18.9 Å². The molecule has 0 unspecified atom stereocenters. The molecule has 0 spiro atoms. The molecule has 0 saturated heterocycles. The molecule has 20 heavy (non-hydrogen) atoms. The van der Waals surface area contributed by atoms with E-state index in [9.17, 15) is 18.0 Å². The lowest BCUT2D eigenvalue weighted by molar-refractivity contribution is -0.137. The van der Waals surface area contributed by atoms with Crippen LogP contribution in [0.1, 0.15) is 15.9 Å². The third-order valence-corrected chi connectivity index (χ3v) is 2.60. The molecule has 0 atom stereocenters. The zero-order chi connectivity index (χ0) is 14.9. The number of alkyl halides is 3. The van der Waals surface area contributed by atoms with Crippen LogP contribution in [0.25, 0.3) is 11.3 Å². The standard InChI is InChI=1S/C13H9F3N2O2/c14-13(15,16)8-3-1-2-7(4-8)11-10(12(19)20)5-9(17)6-18-11/h1-6H,17H2,(H,19,20). The minimum Gasteiger partial charge on any atom is -0.478 e. The van der Waals surface area contributed by atoms with Gasteiger partial charge in [0, 0.05) is 5.56 Å². The van der Waals surface area contributed by atoms with Gasteiger partial charge in [-0.1, -0.05) is 12.1 Å². The van der Waals surface area contributed by atoms with Gasteiger partial charge < -0.3 is 10.8 Å². The SMILES string of the molecule is Nc1cnc(-c2cccc(C(F)(F)F)c2)c(C(=O)O)c1. The van der Waals surface area contributed by atoms with Crippen LogP contribution < -0.4 is 5.73 Å². The normalized spacial score (nSPS) is 11.3. The number of nitrogens with zero attached hydrogens (tertiary/aromatic N) is 1. The van der Waals surface area contributed by atoms with E-state index in [0.717, 1.165) is 18.2 Å². The Bertz CT molecular complexity index is 669. The van der Waals surface area contributed by atoms with Crippen LogP contribution in [-0.2, 0) is 6.18 Å². The summed E-state index contributed by atoms with van der Waals surface area (Å²) in [7, 11) is 0. The number of hydrogen-bond acceptors (Lipinski definition) is 3. The van der Waals surface area contributed by atoms with Gasteiger partial charge in [-0.25, -0.2) is 4.79 Å². The fourth-order valence-electron chi connectivity index (χ4n) is 1.72. The number of benzene rings is 1. The zero-order valence-corrected chi connectivity index (χ0v) is 9.98. The van der Waals surface area contributed by atoms with Gasteiger partial charge in [-0.15, -0.1) is 0 Å². The van der Waals surface area contributed by atoms with E-state index in [1.807, 2.05) is 0 Å². The Hall–Kier alpha value is -2.57. The predicted molar refractivity (Wildman–Crippen MR) is 66.0 cm³/mol. The van der Waals surface area contributed by atoms with Crippen molar-refractivity contribution in [2.45, 2.75) is 6.18 Å². The Balaban J connectivity index is 2.60. The molecule has 0 fully saturated rings. The van der Waals surface area contributed by atoms with Gasteiger partial charge in [0.1, 0.15) is 0 Å². The highest BCUT2D eigenvalue weighted by Gasteiger charge is 2.30. The van der Waals surface area contributed by atoms with Crippen LogP contribution in [0.2, 0.25) is 0 Å². The molecule has 0 aliphatic carbocycles. The van der Waals surface area contributed by atoms with Gasteiger partial charge in [-0.3, -0.25) is 4.98 Å². The summed E-state index contributed by atoms with van der Waals surface area (Å²) in [4.78, 5) is 14.9. The highest BCUT2D eigenvalue weighted by molar-refractivity contribution is 5.95. The maximum Gasteiger partial charge on any atom is 0.416 e. The van der Waals surface area contributed by atoms with E-state index in [2.05, 4.69) is 4.98 Å². The molecule has 4 nitrogen and oxygen atoms in total. The molecule has 0 bridgehead atoms. The Labute approximate surface area is 111 Å². The average Bonchev–Trinajstić information content (AvgIpc) is 2.37. The molecule has 0 saturated carbocycles. The van der Waals surface area contributed by atoms with Crippen LogP contribution in [0.5, 0.6) is 0 Å². The summed E-state index contributed by atoms with van der Waals surface area (Å²) in [6.45, 7) is 0. The van der Waals surface area contributed by atoms with Gasteiger partial charge in [-0.2, -0.15) is 13.2 Å². The van der Waals surface area contributed by atoms with Crippen molar-refractivity contribution in [2.24, 2.45) is 0 Å². The summed E-state index contributed by atoms with van der Waals surface area (Å²) in [6, 6.07) is 5.47. The van der Waals surface area contributed by atoms with Crippen LogP contribution in [0, 0.1) is 0 Å². The van der Waals surface area contributed by atoms with Gasteiger partial charge in [0.25, 0.3) is 0 Å². The van der Waals surface area contributed by atoms with Crippen LogP contribution in [0.3, 0.4) is 0 Å². The van der Waals surface area contributed by atoms with Crippen molar-refractivity contribution in [3.63, 3.8) is 0 Å². The molecule has 0 aliphatic rings. The van der Waals surface area contributed by atoms with Crippen molar-refractivity contribution in [1.29, 1.82) is 0 Å². The molecular weight excluding hydrogens is 273 g/mol. The molecule has 2 aromatic rings. The fraction of sp³-hybridized carbons (Fsp3) is 0.0769. The first-order valence-electron chi connectivity index (χ1n) is 5.45. The highest BCUT2D eigenvalue weighted by Crippen LogP contribution is 2.32. The highest BCUT2D eigenvalue weighted by atomic mass is 19.4. The molecule has 0 aliphatic heterocycles. The number of aromatic nitrogens is 1. The minimum atomic E-state index is -4.51. The van der Waals surface area contributed by atoms with E-state index in [0.29, 0.717) is 0 Å². The number of carboxylic acid groups (broad SMARTS) is 1. The van der Waals surface area contributed by atoms with Gasteiger partial charge in [0.15, 0.2) is 0 Å². The molecule has 104 valence electrons. The number of nitrogen functional groups attached to an aromatic ring is 1. The first kappa shape index (κ1) is 13.9. The van der Waals surface area contributed by atoms with E-state index in [4.69, 9.17) is 10.8 Å². The van der Waals surface area contributed by atoms with Crippen molar-refractivity contribution in [1.82, 2.24) is 4.98 Å². The van der Waals surface area contributed by atoms with E-state index in [1.165, 1.54) is 18.3 Å². The average molecular weight is 282 g/mol. The largest absolute Gasteiger partial charge is 0.478 e. The van der Waals surface area contributed by atoms with Crippen molar-refractivity contribution < 1.29 is 23.1 Å². The summed E-state index contributed by atoms with van der Waals surface area (Å²) < 4.78 is 38.0. The topological polar surface area (TPSA) is 76.2 Å². The number of carboxylic acids is 1. The zero-order valence-electron chi connectivity index (χ0n) is 9.98. The summed E-state index contributed by atoms with van der Waals surface area (Å²) in [5.41, 5.74) is 4.45. The quantitative estimate of drug-likeness (QED) is 0.887. The Morgan fingerprint density at radius 1 is 1.25 bits per heavy atom. The van der Waals surface area contributed by atoms with Crippen molar-refractivity contribution in [3.8, 4) is 11.3 Å². The first-order chi connectivity index (χ1) is 9.29. The second kappa shape index (κ2) is 4.84. The minimum absolute atomic E-state index is 0.0576. The maximum atomic E-state index is 12.7. The molecule has 3 N–H and O–H groups in total. The third kappa shape index (κ3) is 2.71. The smallest absolute Gasteiger partial charge is 0.416 e. The second-order valence-corrected chi connectivity index (χ2v) is 4.05. The van der Waals surface area contributed by atoms with Crippen LogP contribution in [-0.4, -0.2) is 16.1 Å². The van der Waals surface area contributed by atoms with E-state index in [-0.39, 0.29) is 22.5 Å². The van der Waals surface area contributed by atoms with Crippen LogP contribution >= 0.6 is 0 Å². The molecule has 1 aromatic heterocycles. The van der Waals surface area contributed by atoms with Crippen molar-refractivity contribution in [3.05, 3.63) is 47.7 Å². The Morgan fingerprint density at radius 2 is 1.95 bits per heavy atom. The molecule has 1 heterocycles. The lowest BCUT2D eigenvalue weighted by Crippen LogP contribution is -2.06. The number of rotatable bonds is 2. The molecule has 0 amide bonds. The lowest BCUT2D eigenvalue weighted by Gasteiger charge is -2.10. The number of hydrogen-bond donors (Lipinski definition) is 2. The van der Waals surface area contributed by atoms with Crippen molar-refractivity contribution >= 4 is 11.7 Å². The van der Waals surface area contributed by atoms with Gasteiger partial charge in [0.05, 0.1) is 28.7 Å². The van der Waals surface area contributed by atoms with Gasteiger partial charge in [0.2, 0.25) is 0 Å². The summed E-state index contributed by atoms with van der Waals surface area (Å²) in [6.07, 6.45) is -3.31. The number of anilines is 1. The van der Waals surface area contributed by atoms with E-state index in [1.54, 1.807) is 0 Å². The molecule has 0 radical (unpaired) electrons. The summed E-state index contributed by atoms with van der Waals surface area (Å²) in [5.74, 6) is -1.31. The number of pyridine rings is 1. The molecule has 7 heteroatoms. The number of nitrogens with two attached hydrogens (primary N) is 1. The van der Waals surface area contributed by atoms with E-state index >= 15 is 0 Å². The number of halogens is 3. The molecule has 2 rings (SSSR count). The summed E-state index contributed by atoms with van der Waals surface area (Å²) >= 11 is 0. The molecule has 1 aromatic carbocycles. The Morgan fingerprint density at radius 3 is 2.55 bits per heavy atom. The molecular formula is C13H9F3N2O2. The second-order valence-electron chi connectivity index (χ2n) is 4.05. The first-order valence-corrected chi connectivity index (χ1v) is 5.45. The monoisotopic (exact) mass is 282 g/mol. The number of aromatic carboxylic acids is 1. The fourth-order valence-corrected chi connectivity index (χ4v) is 1.72. The van der Waals surface area contributed by atoms with Gasteiger partial charge >= 0.3 is 12.1 Å². The third-order valence-electron chi connectivity index (χ3n) is 2.60. The lowest BCUT2D eigenvalue weighted by atomic mass is 10.0. The van der Waals surface area contributed by atoms with Crippen LogP contribution in [0.15, 0.2) is 36.5 Å². The van der Waals surface area contributed by atoms with Gasteiger partial charge in [-0.05, 0) is 18.2 Å². The maximum absolute atomic E-state index is 12.7. The summed E-state index contributed by atoms with van der Waals surface area (Å²) in [5, 5.41) is 9.06. The number of carbonyl (C=O) groups is 1.